The van der Waals surface area contributed by atoms with Gasteiger partial charge in [0.15, 0.2) is 0 Å². The summed E-state index contributed by atoms with van der Waals surface area (Å²) < 4.78 is 0. The third kappa shape index (κ3) is 5.53. The lowest BCUT2D eigenvalue weighted by Crippen LogP contribution is -2.52. The fraction of sp³-hybridized carbons (Fsp3) is 0.682. The largest absolute Gasteiger partial charge is 0.341 e. The van der Waals surface area contributed by atoms with Gasteiger partial charge in [-0.15, -0.1) is 0 Å². The van der Waals surface area contributed by atoms with Gasteiger partial charge in [-0.2, -0.15) is 0 Å². The number of likely N-dealkylation sites (N-methyl/N-ethyl adjacent to an activating group) is 1. The Balaban J connectivity index is 1.53. The van der Waals surface area contributed by atoms with E-state index in [0.29, 0.717) is 17.9 Å². The van der Waals surface area contributed by atoms with E-state index in [-0.39, 0.29) is 0 Å². The zero-order valence-electron chi connectivity index (χ0n) is 17.1. The van der Waals surface area contributed by atoms with Gasteiger partial charge in [0.2, 0.25) is 5.91 Å². The molecule has 3 rings (SSSR count). The van der Waals surface area contributed by atoms with E-state index in [1.54, 1.807) is 0 Å². The average molecular weight is 373 g/mol. The maximum Gasteiger partial charge on any atom is 0.222 e. The molecular formula is C22H36N4O. The summed E-state index contributed by atoms with van der Waals surface area (Å²) in [6.45, 7) is 6.78. The normalized spacial score (nSPS) is 20.6. The Morgan fingerprint density at radius 2 is 1.89 bits per heavy atom. The molecule has 5 heteroatoms. The van der Waals surface area contributed by atoms with Crippen molar-refractivity contribution < 1.29 is 4.79 Å². The smallest absolute Gasteiger partial charge is 0.222 e. The van der Waals surface area contributed by atoms with E-state index in [1.165, 1.54) is 24.0 Å². The van der Waals surface area contributed by atoms with E-state index in [2.05, 4.69) is 53.1 Å². The minimum absolute atomic E-state index is 0.345. The molecule has 0 aromatic heterocycles. The molecule has 2 fully saturated rings. The molecule has 2 aliphatic heterocycles. The summed E-state index contributed by atoms with van der Waals surface area (Å²) in [5.74, 6) is 0.349. The van der Waals surface area contributed by atoms with Gasteiger partial charge < -0.3 is 15.5 Å². The van der Waals surface area contributed by atoms with E-state index in [4.69, 9.17) is 5.73 Å². The molecule has 2 heterocycles. The lowest BCUT2D eigenvalue weighted by molar-refractivity contribution is -0.139. The Labute approximate surface area is 164 Å². The summed E-state index contributed by atoms with van der Waals surface area (Å²) in [5.41, 5.74) is 8.77. The predicted molar refractivity (Wildman–Crippen MR) is 111 cm³/mol. The molecule has 1 spiro atoms. The van der Waals surface area contributed by atoms with Crippen molar-refractivity contribution in [3.8, 4) is 0 Å². The van der Waals surface area contributed by atoms with E-state index in [1.807, 2.05) is 0 Å². The van der Waals surface area contributed by atoms with Crippen LogP contribution >= 0.6 is 0 Å². The van der Waals surface area contributed by atoms with Crippen LogP contribution in [-0.4, -0.2) is 74.0 Å². The van der Waals surface area contributed by atoms with Crippen LogP contribution in [0.15, 0.2) is 24.3 Å². The van der Waals surface area contributed by atoms with Gasteiger partial charge >= 0.3 is 0 Å². The highest BCUT2D eigenvalue weighted by molar-refractivity contribution is 5.77. The Morgan fingerprint density at radius 1 is 1.15 bits per heavy atom. The monoisotopic (exact) mass is 372 g/mol. The average Bonchev–Trinajstić information content (AvgIpc) is 2.65. The topological polar surface area (TPSA) is 52.8 Å². The van der Waals surface area contributed by atoms with Crippen molar-refractivity contribution in [3.63, 3.8) is 0 Å². The molecule has 0 saturated carbocycles. The van der Waals surface area contributed by atoms with E-state index >= 15 is 0 Å². The van der Waals surface area contributed by atoms with Gasteiger partial charge in [0.1, 0.15) is 0 Å². The number of amides is 1. The van der Waals surface area contributed by atoms with Crippen molar-refractivity contribution in [3.05, 3.63) is 35.4 Å². The Kier molecular flexibility index (Phi) is 6.90. The van der Waals surface area contributed by atoms with E-state index in [0.717, 1.165) is 58.5 Å². The number of piperidine rings is 2. The Hall–Kier alpha value is -1.43. The van der Waals surface area contributed by atoms with Crippen molar-refractivity contribution in [2.24, 2.45) is 11.1 Å². The second-order valence-electron chi connectivity index (χ2n) is 8.75. The summed E-state index contributed by atoms with van der Waals surface area (Å²) in [4.78, 5) is 19.2. The van der Waals surface area contributed by atoms with Crippen LogP contribution < -0.4 is 5.73 Å². The number of hydrogen-bond donors (Lipinski definition) is 1. The standard InChI is InChI=1S/C22H36N4O/c1-24(2)14-15-26-18-22(8-6-21(26)27)9-12-25(13-10-22)17-20-5-3-4-19(16-20)7-11-23/h3-5,16H,6-15,17-18,23H2,1-2H3. The number of hydrogen-bond acceptors (Lipinski definition) is 4. The number of likely N-dealkylation sites (tertiary alicyclic amines) is 2. The van der Waals surface area contributed by atoms with Crippen LogP contribution in [0.1, 0.15) is 36.8 Å². The minimum atomic E-state index is 0.345. The van der Waals surface area contributed by atoms with Gasteiger partial charge in [-0.3, -0.25) is 9.69 Å². The molecule has 2 N–H and O–H groups in total. The first kappa shape index (κ1) is 20.3. The zero-order chi connectivity index (χ0) is 19.3. The number of nitrogens with two attached hydrogens (primary N) is 1. The Bertz CT molecular complexity index is 622. The fourth-order valence-electron chi connectivity index (χ4n) is 4.53. The maximum atomic E-state index is 12.3. The SMILES string of the molecule is CN(C)CCN1CC2(CCC1=O)CCN(Cc1cccc(CCN)c1)CC2. The highest BCUT2D eigenvalue weighted by Crippen LogP contribution is 2.40. The van der Waals surface area contributed by atoms with Gasteiger partial charge in [-0.05, 0) is 76.0 Å². The van der Waals surface area contributed by atoms with Gasteiger partial charge in [-0.25, -0.2) is 0 Å². The summed E-state index contributed by atoms with van der Waals surface area (Å²) in [7, 11) is 4.15. The van der Waals surface area contributed by atoms with Crippen molar-refractivity contribution in [2.75, 3.05) is 53.4 Å². The molecule has 0 radical (unpaired) electrons. The fourth-order valence-corrected chi connectivity index (χ4v) is 4.53. The molecule has 27 heavy (non-hydrogen) atoms. The van der Waals surface area contributed by atoms with Crippen LogP contribution in [0.3, 0.4) is 0 Å². The summed E-state index contributed by atoms with van der Waals surface area (Å²) >= 11 is 0. The van der Waals surface area contributed by atoms with Crippen molar-refractivity contribution in [1.82, 2.24) is 14.7 Å². The molecule has 1 aromatic carbocycles. The van der Waals surface area contributed by atoms with E-state index < -0.39 is 0 Å². The summed E-state index contributed by atoms with van der Waals surface area (Å²) in [6, 6.07) is 8.86. The number of nitrogens with zero attached hydrogens (tertiary/aromatic N) is 3. The number of carbonyl (C=O) groups is 1. The highest BCUT2D eigenvalue weighted by atomic mass is 16.2. The molecule has 0 atom stereocenters. The molecule has 0 bridgehead atoms. The maximum absolute atomic E-state index is 12.3. The highest BCUT2D eigenvalue weighted by Gasteiger charge is 2.40. The van der Waals surface area contributed by atoms with Gasteiger partial charge in [0.05, 0.1) is 0 Å². The number of rotatable bonds is 7. The lowest BCUT2D eigenvalue weighted by Gasteiger charge is -2.47. The second kappa shape index (κ2) is 9.18. The molecule has 2 saturated heterocycles. The summed E-state index contributed by atoms with van der Waals surface area (Å²) in [6.07, 6.45) is 5.18. The minimum Gasteiger partial charge on any atom is -0.341 e. The van der Waals surface area contributed by atoms with Gasteiger partial charge in [0.25, 0.3) is 0 Å². The third-order valence-electron chi connectivity index (χ3n) is 6.31. The zero-order valence-corrected chi connectivity index (χ0v) is 17.1. The number of carbonyl (C=O) groups excluding carboxylic acids is 1. The molecule has 0 unspecified atom stereocenters. The van der Waals surface area contributed by atoms with Gasteiger partial charge in [-0.1, -0.05) is 24.3 Å². The predicted octanol–water partition coefficient (Wildman–Crippen LogP) is 1.95. The Morgan fingerprint density at radius 3 is 2.59 bits per heavy atom. The first-order valence-electron chi connectivity index (χ1n) is 10.4. The molecule has 0 aliphatic carbocycles. The van der Waals surface area contributed by atoms with Crippen molar-refractivity contribution in [1.29, 1.82) is 0 Å². The molecule has 1 aromatic rings. The van der Waals surface area contributed by atoms with Crippen LogP contribution in [0.25, 0.3) is 0 Å². The van der Waals surface area contributed by atoms with Crippen LogP contribution in [-0.2, 0) is 17.8 Å². The molecule has 2 aliphatic rings. The van der Waals surface area contributed by atoms with Crippen molar-refractivity contribution >= 4 is 5.91 Å². The molecular weight excluding hydrogens is 336 g/mol. The third-order valence-corrected chi connectivity index (χ3v) is 6.31. The van der Waals surface area contributed by atoms with Crippen LogP contribution in [0.5, 0.6) is 0 Å². The molecule has 1 amide bonds. The molecule has 150 valence electrons. The first-order chi connectivity index (χ1) is 13.0. The summed E-state index contributed by atoms with van der Waals surface area (Å²) in [5, 5.41) is 0. The lowest BCUT2D eigenvalue weighted by atomic mass is 9.72. The number of benzene rings is 1. The van der Waals surface area contributed by atoms with Crippen molar-refractivity contribution in [2.45, 2.75) is 38.6 Å². The van der Waals surface area contributed by atoms with Crippen LogP contribution in [0.4, 0.5) is 0 Å². The second-order valence-corrected chi connectivity index (χ2v) is 8.75. The quantitative estimate of drug-likeness (QED) is 0.795. The van der Waals surface area contributed by atoms with Crippen LogP contribution in [0, 0.1) is 5.41 Å². The molecule has 5 nitrogen and oxygen atoms in total. The van der Waals surface area contributed by atoms with E-state index in [9.17, 15) is 4.79 Å². The van der Waals surface area contributed by atoms with Gasteiger partial charge in [0, 0.05) is 32.6 Å². The first-order valence-corrected chi connectivity index (χ1v) is 10.4. The van der Waals surface area contributed by atoms with Crippen LogP contribution in [0.2, 0.25) is 0 Å².